The maximum absolute atomic E-state index is 10.7. The molecule has 0 spiro atoms. The monoisotopic (exact) mass is 158 g/mol. The van der Waals surface area contributed by atoms with Crippen LogP contribution in [0.3, 0.4) is 0 Å². The Morgan fingerprint density at radius 3 is 2.73 bits per heavy atom. The van der Waals surface area contributed by atoms with Crippen molar-refractivity contribution in [1.29, 1.82) is 0 Å². The zero-order valence-corrected chi connectivity index (χ0v) is 6.38. The number of hydrogen-bond donors (Lipinski definition) is 2. The first-order valence-corrected chi connectivity index (χ1v) is 3.30. The Morgan fingerprint density at radius 1 is 1.73 bits per heavy atom. The van der Waals surface area contributed by atoms with Crippen LogP contribution in [-0.2, 0) is 9.53 Å². The van der Waals surface area contributed by atoms with E-state index in [-0.39, 0.29) is 11.9 Å². The van der Waals surface area contributed by atoms with Crippen molar-refractivity contribution in [2.24, 2.45) is 0 Å². The number of carbonyl (C=O) groups excluding carboxylic acids is 2. The fraction of sp³-hybridized carbons (Fsp3) is 0.667. The third-order valence-corrected chi connectivity index (χ3v) is 1.61. The lowest BCUT2D eigenvalue weighted by Gasteiger charge is -2.33. The van der Waals surface area contributed by atoms with E-state index in [0.29, 0.717) is 0 Å². The van der Waals surface area contributed by atoms with E-state index in [2.05, 4.69) is 15.4 Å². The van der Waals surface area contributed by atoms with Gasteiger partial charge in [-0.05, 0) is 6.92 Å². The van der Waals surface area contributed by atoms with Gasteiger partial charge in [0.15, 0.2) is 0 Å². The number of β-lactam (4-membered cyclic amide) rings is 1. The van der Waals surface area contributed by atoms with Crippen molar-refractivity contribution < 1.29 is 14.3 Å². The topological polar surface area (TPSA) is 67.4 Å². The summed E-state index contributed by atoms with van der Waals surface area (Å²) >= 11 is 0. The largest absolute Gasteiger partial charge is 0.453 e. The van der Waals surface area contributed by atoms with Gasteiger partial charge in [0.05, 0.1) is 13.2 Å². The Bertz CT molecular complexity index is 192. The highest BCUT2D eigenvalue weighted by molar-refractivity contribution is 5.91. The quantitative estimate of drug-likeness (QED) is 0.492. The number of amides is 2. The van der Waals surface area contributed by atoms with Gasteiger partial charge in [0, 0.05) is 0 Å². The second-order valence-electron chi connectivity index (χ2n) is 2.41. The van der Waals surface area contributed by atoms with E-state index in [1.54, 1.807) is 0 Å². The summed E-state index contributed by atoms with van der Waals surface area (Å²) in [6.07, 6.45) is -0.572. The van der Waals surface area contributed by atoms with Gasteiger partial charge in [-0.3, -0.25) is 4.79 Å². The van der Waals surface area contributed by atoms with Crippen LogP contribution in [0, 0.1) is 0 Å². The lowest BCUT2D eigenvalue weighted by atomic mass is 10.0. The number of ether oxygens (including phenoxy) is 1. The Balaban J connectivity index is 2.37. The van der Waals surface area contributed by atoms with Crippen molar-refractivity contribution in [2.75, 3.05) is 7.11 Å². The molecule has 0 aliphatic carbocycles. The molecule has 11 heavy (non-hydrogen) atoms. The molecule has 2 N–H and O–H groups in total. The van der Waals surface area contributed by atoms with Crippen LogP contribution in [0.5, 0.6) is 0 Å². The first kappa shape index (κ1) is 7.84. The van der Waals surface area contributed by atoms with Crippen molar-refractivity contribution in [3.8, 4) is 0 Å². The van der Waals surface area contributed by atoms with E-state index < -0.39 is 12.1 Å². The minimum Gasteiger partial charge on any atom is -0.453 e. The zero-order valence-electron chi connectivity index (χ0n) is 6.38. The maximum Gasteiger partial charge on any atom is 0.407 e. The third-order valence-electron chi connectivity index (χ3n) is 1.61. The molecule has 0 bridgehead atoms. The van der Waals surface area contributed by atoms with Crippen LogP contribution in [0.1, 0.15) is 6.92 Å². The number of nitrogens with one attached hydrogen (secondary N) is 2. The SMILES string of the molecule is COC(=O)N[C@H]1C(=O)N[C@@H]1C. The number of hydrogen-bond acceptors (Lipinski definition) is 3. The lowest BCUT2D eigenvalue weighted by molar-refractivity contribution is -0.130. The van der Waals surface area contributed by atoms with Gasteiger partial charge in [0.1, 0.15) is 6.04 Å². The molecule has 1 heterocycles. The van der Waals surface area contributed by atoms with Crippen LogP contribution in [0.15, 0.2) is 0 Å². The van der Waals surface area contributed by atoms with Crippen molar-refractivity contribution in [3.63, 3.8) is 0 Å². The summed E-state index contributed by atoms with van der Waals surface area (Å²) in [4.78, 5) is 21.3. The highest BCUT2D eigenvalue weighted by Gasteiger charge is 2.37. The molecule has 5 heteroatoms. The summed E-state index contributed by atoms with van der Waals surface area (Å²) in [7, 11) is 1.26. The standard InChI is InChI=1S/C6H10N2O3/c1-3-4(5(9)7-3)8-6(10)11-2/h3-4H,1-2H3,(H,7,9)(H,8,10)/t3-,4-/m1/s1. The smallest absolute Gasteiger partial charge is 0.407 e. The fourth-order valence-corrected chi connectivity index (χ4v) is 0.905. The van der Waals surface area contributed by atoms with Crippen LogP contribution < -0.4 is 10.6 Å². The zero-order chi connectivity index (χ0) is 8.43. The average Bonchev–Trinajstić information content (AvgIpc) is 2.00. The summed E-state index contributed by atoms with van der Waals surface area (Å²) in [5, 5.41) is 4.97. The molecule has 1 fully saturated rings. The van der Waals surface area contributed by atoms with Crippen LogP contribution in [-0.4, -0.2) is 31.2 Å². The van der Waals surface area contributed by atoms with Gasteiger partial charge in [-0.25, -0.2) is 4.79 Å². The van der Waals surface area contributed by atoms with Gasteiger partial charge in [-0.2, -0.15) is 0 Å². The summed E-state index contributed by atoms with van der Waals surface area (Å²) in [5.74, 6) is -0.164. The van der Waals surface area contributed by atoms with E-state index in [1.807, 2.05) is 6.92 Å². The Labute approximate surface area is 64.1 Å². The molecular weight excluding hydrogens is 148 g/mol. The maximum atomic E-state index is 10.7. The average molecular weight is 158 g/mol. The number of rotatable bonds is 1. The second kappa shape index (κ2) is 2.77. The number of alkyl carbamates (subject to hydrolysis) is 1. The molecule has 0 saturated carbocycles. The Morgan fingerprint density at radius 2 is 2.36 bits per heavy atom. The lowest BCUT2D eigenvalue weighted by Crippen LogP contribution is -2.67. The predicted octanol–water partition coefficient (Wildman–Crippen LogP) is -0.771. The molecule has 1 rings (SSSR count). The van der Waals surface area contributed by atoms with E-state index in [4.69, 9.17) is 0 Å². The normalized spacial score (nSPS) is 28.4. The molecule has 0 aromatic carbocycles. The van der Waals surface area contributed by atoms with E-state index in [9.17, 15) is 9.59 Å². The minimum atomic E-state index is -0.572. The van der Waals surface area contributed by atoms with E-state index in [1.165, 1.54) is 7.11 Å². The highest BCUT2D eigenvalue weighted by atomic mass is 16.5. The van der Waals surface area contributed by atoms with Gasteiger partial charge in [0.2, 0.25) is 5.91 Å². The first-order chi connectivity index (χ1) is 5.15. The van der Waals surface area contributed by atoms with Crippen LogP contribution in [0.4, 0.5) is 4.79 Å². The van der Waals surface area contributed by atoms with Crippen LogP contribution in [0.25, 0.3) is 0 Å². The van der Waals surface area contributed by atoms with Crippen molar-refractivity contribution in [1.82, 2.24) is 10.6 Å². The molecule has 1 saturated heterocycles. The Hall–Kier alpha value is -1.26. The molecular formula is C6H10N2O3. The van der Waals surface area contributed by atoms with Gasteiger partial charge >= 0.3 is 6.09 Å². The minimum absolute atomic E-state index is 0.00148. The van der Waals surface area contributed by atoms with Gasteiger partial charge in [0.25, 0.3) is 0 Å². The molecule has 62 valence electrons. The van der Waals surface area contributed by atoms with Crippen LogP contribution in [0.2, 0.25) is 0 Å². The number of carbonyl (C=O) groups is 2. The second-order valence-corrected chi connectivity index (χ2v) is 2.41. The summed E-state index contributed by atoms with van der Waals surface area (Å²) < 4.78 is 4.32. The molecule has 5 nitrogen and oxygen atoms in total. The molecule has 2 amide bonds. The summed E-state index contributed by atoms with van der Waals surface area (Å²) in [5.41, 5.74) is 0. The van der Waals surface area contributed by atoms with Crippen molar-refractivity contribution >= 4 is 12.0 Å². The van der Waals surface area contributed by atoms with Gasteiger partial charge in [-0.15, -0.1) is 0 Å². The molecule has 0 aromatic heterocycles. The first-order valence-electron chi connectivity index (χ1n) is 3.30. The molecule has 0 unspecified atom stereocenters. The molecule has 0 radical (unpaired) electrons. The van der Waals surface area contributed by atoms with Crippen LogP contribution >= 0.6 is 0 Å². The molecule has 1 aliphatic heterocycles. The number of methoxy groups -OCH3 is 1. The van der Waals surface area contributed by atoms with Gasteiger partial charge < -0.3 is 15.4 Å². The fourth-order valence-electron chi connectivity index (χ4n) is 0.905. The third kappa shape index (κ3) is 1.42. The molecule has 0 aromatic rings. The van der Waals surface area contributed by atoms with E-state index in [0.717, 1.165) is 0 Å². The Kier molecular flexibility index (Phi) is 1.98. The van der Waals surface area contributed by atoms with Crippen molar-refractivity contribution in [3.05, 3.63) is 0 Å². The van der Waals surface area contributed by atoms with Gasteiger partial charge in [-0.1, -0.05) is 0 Å². The summed E-state index contributed by atoms with van der Waals surface area (Å²) in [6.45, 7) is 1.81. The molecule has 2 atom stereocenters. The van der Waals surface area contributed by atoms with E-state index >= 15 is 0 Å². The highest BCUT2D eigenvalue weighted by Crippen LogP contribution is 2.04. The van der Waals surface area contributed by atoms with Crippen molar-refractivity contribution in [2.45, 2.75) is 19.0 Å². The summed E-state index contributed by atoms with van der Waals surface area (Å²) in [6, 6.07) is -0.427. The predicted molar refractivity (Wildman–Crippen MR) is 36.9 cm³/mol. The molecule has 1 aliphatic rings.